The van der Waals surface area contributed by atoms with Crippen molar-refractivity contribution in [2.75, 3.05) is 37.9 Å². The number of nitrogens with one attached hydrogen (secondary N) is 7. The van der Waals surface area contributed by atoms with Crippen molar-refractivity contribution >= 4 is 105 Å². The van der Waals surface area contributed by atoms with Crippen molar-refractivity contribution in [3.05, 3.63) is 124 Å². The molecule has 7 rings (SSSR count). The summed E-state index contributed by atoms with van der Waals surface area (Å²) in [5.74, 6) is -9.81. The molecule has 0 bridgehead atoms. The van der Waals surface area contributed by atoms with Gasteiger partial charge >= 0.3 is 36.4 Å². The second-order valence-electron chi connectivity index (χ2n) is 16.2. The molecule has 2 aliphatic heterocycles. The maximum Gasteiger partial charge on any atom is 0.490 e. The third-order valence-electron chi connectivity index (χ3n) is 10.9. The fourth-order valence-electron chi connectivity index (χ4n) is 7.08. The van der Waals surface area contributed by atoms with Crippen LogP contribution in [-0.4, -0.2) is 110 Å². The SMILES string of the molecule is C.C.C.C.COC(=O)[C@H](CN)NC(=O)c1sc(C(=O)NCc2cccc3c2CC(=O)N3)cc1C(F)(F)F.COC(=O)[C@H](CNC(=O)c1cccs1)NC(=O)c1sc(C(=O)NCc2cccc3c2CC(=O)N3)cc1C(F)(F)F.O=C(O)C(F)(F)F. The van der Waals surface area contributed by atoms with Gasteiger partial charge in [0.15, 0.2) is 0 Å². The van der Waals surface area contributed by atoms with Crippen molar-refractivity contribution in [2.24, 2.45) is 5.73 Å². The Morgan fingerprint density at radius 3 is 1.35 bits per heavy atom. The largest absolute Gasteiger partial charge is 0.490 e. The highest BCUT2D eigenvalue weighted by Gasteiger charge is 2.41. The zero-order chi connectivity index (χ0) is 59.4. The van der Waals surface area contributed by atoms with Gasteiger partial charge in [0.2, 0.25) is 11.8 Å². The van der Waals surface area contributed by atoms with E-state index >= 15 is 0 Å². The van der Waals surface area contributed by atoms with E-state index < -0.39 is 112 Å². The van der Waals surface area contributed by atoms with Gasteiger partial charge in [-0.2, -0.15) is 39.5 Å². The maximum atomic E-state index is 13.8. The first kappa shape index (κ1) is 73.6. The zero-order valence-corrected chi connectivity index (χ0v) is 43.2. The van der Waals surface area contributed by atoms with Crippen LogP contribution in [0.2, 0.25) is 0 Å². The molecule has 2 atom stereocenters. The van der Waals surface area contributed by atoms with E-state index in [1.54, 1.807) is 47.8 Å². The van der Waals surface area contributed by atoms with E-state index in [9.17, 15) is 82.7 Å². The lowest BCUT2D eigenvalue weighted by molar-refractivity contribution is -0.192. The molecule has 0 radical (unpaired) electrons. The Morgan fingerprint density at radius 1 is 0.595 bits per heavy atom. The standard InChI is InChI=1S/C25H21F3N4O6S2.C20H19F3N4O5S.C2HF3O2.4CH4/c1-38-24(37)16(11-30-21(34)17-6-3-7-39-17)32-23(36)20-14(25(26,27)28)9-18(40-20)22(35)29-10-12-4-2-5-15-13(12)8-19(33)31-15;1-32-19(31)13(7-24)27-18(30)16-11(20(21,22)23)6-14(33-16)17(29)25-8-9-3-2-4-12-10(9)5-15(28)26-12;3-2(4,5)1(6)7;;;;/h2-7,9,16H,8,10-11H2,1H3,(H,29,35)(H,30,34)(H,31,33)(H,32,36);2-4,6,13H,5,7-8,24H2,1H3,(H,25,29)(H,26,28)(H,27,30);(H,6,7);4*1H4/t16-;13-;;;;;/m00...../s1. The number of halogens is 9. The molecule has 10 N–H and O–H groups in total. The molecule has 33 heteroatoms. The molecule has 5 heterocycles. The van der Waals surface area contributed by atoms with E-state index in [0.29, 0.717) is 73.3 Å². The number of anilines is 2. The normalized spacial score (nSPS) is 12.6. The molecule has 3 aromatic heterocycles. The Hall–Kier alpha value is -8.43. The summed E-state index contributed by atoms with van der Waals surface area (Å²) in [6.07, 6.45) is -14.7. The van der Waals surface area contributed by atoms with Crippen LogP contribution in [0.1, 0.15) is 111 Å². The second-order valence-corrected chi connectivity index (χ2v) is 19.3. The van der Waals surface area contributed by atoms with Gasteiger partial charge in [-0.05, 0) is 58.0 Å². The third kappa shape index (κ3) is 19.3. The van der Waals surface area contributed by atoms with Crippen LogP contribution in [0.15, 0.2) is 66.0 Å². The van der Waals surface area contributed by atoms with Gasteiger partial charge in [0.25, 0.3) is 29.5 Å². The van der Waals surface area contributed by atoms with Crippen LogP contribution in [0.3, 0.4) is 0 Å². The fraction of sp³-hybridized carbons (Fsp3) is 0.333. The molecule has 21 nitrogen and oxygen atoms in total. The predicted molar refractivity (Wildman–Crippen MR) is 291 cm³/mol. The molecule has 2 aliphatic rings. The highest BCUT2D eigenvalue weighted by molar-refractivity contribution is 7.16. The fourth-order valence-corrected chi connectivity index (χ4v) is 9.72. The lowest BCUT2D eigenvalue weighted by Crippen LogP contribution is -2.49. The minimum absolute atomic E-state index is 0. The number of fused-ring (bicyclic) bond motifs is 2. The summed E-state index contributed by atoms with van der Waals surface area (Å²) in [7, 11) is 2.06. The van der Waals surface area contributed by atoms with E-state index in [1.807, 2.05) is 0 Å². The van der Waals surface area contributed by atoms with Gasteiger partial charge in [-0.15, -0.1) is 34.0 Å². The number of hydrogen-bond donors (Lipinski definition) is 9. The lowest BCUT2D eigenvalue weighted by atomic mass is 10.0. The zero-order valence-electron chi connectivity index (χ0n) is 40.8. The monoisotopic (exact) mass is 1260 g/mol. The molecule has 0 saturated carbocycles. The summed E-state index contributed by atoms with van der Waals surface area (Å²) in [4.78, 5) is 117. The molecule has 7 amide bonds. The van der Waals surface area contributed by atoms with Crippen molar-refractivity contribution in [3.63, 3.8) is 0 Å². The quantitative estimate of drug-likeness (QED) is 0.0340. The molecule has 0 spiro atoms. The number of methoxy groups -OCH3 is 2. The number of hydrogen-bond acceptors (Lipinski definition) is 16. The Balaban J connectivity index is 0.000000731. The number of ether oxygens (including phenoxy) is 2. The van der Waals surface area contributed by atoms with Crippen molar-refractivity contribution in [3.8, 4) is 0 Å². The van der Waals surface area contributed by atoms with Gasteiger partial charge in [-0.1, -0.05) is 60.0 Å². The van der Waals surface area contributed by atoms with Gasteiger partial charge in [0.05, 0.1) is 52.8 Å². The number of carbonyl (C=O) groups is 10. The second kappa shape index (κ2) is 31.3. The van der Waals surface area contributed by atoms with Crippen molar-refractivity contribution in [2.45, 2.75) is 86.3 Å². The topological polar surface area (TPSA) is 320 Å². The van der Waals surface area contributed by atoms with E-state index in [-0.39, 0.29) is 77.2 Å². The van der Waals surface area contributed by atoms with E-state index in [1.165, 1.54) is 6.07 Å². The Labute approximate surface area is 485 Å². The number of benzene rings is 2. The molecule has 84 heavy (non-hydrogen) atoms. The number of carboxylic acid groups (broad SMARTS) is 1. The number of esters is 2. The molecule has 0 fully saturated rings. The van der Waals surface area contributed by atoms with Crippen molar-refractivity contribution in [1.29, 1.82) is 0 Å². The lowest BCUT2D eigenvalue weighted by Gasteiger charge is -2.17. The average Bonchev–Trinajstić information content (AvgIpc) is 4.12. The number of alkyl halides is 9. The minimum Gasteiger partial charge on any atom is -0.475 e. The molecular weight excluding hydrogens is 1200 g/mol. The number of rotatable bonds is 16. The van der Waals surface area contributed by atoms with Crippen LogP contribution >= 0.6 is 34.0 Å². The Kier molecular flexibility index (Phi) is 27.4. The number of carbonyl (C=O) groups excluding carboxylic acids is 9. The van der Waals surface area contributed by atoms with Crippen LogP contribution in [0.4, 0.5) is 50.9 Å². The van der Waals surface area contributed by atoms with Gasteiger partial charge in [0.1, 0.15) is 21.8 Å². The third-order valence-corrected chi connectivity index (χ3v) is 14.0. The highest BCUT2D eigenvalue weighted by atomic mass is 32.1. The van der Waals surface area contributed by atoms with Crippen LogP contribution in [0.5, 0.6) is 0 Å². The number of carboxylic acids is 1. The smallest absolute Gasteiger partial charge is 0.475 e. The highest BCUT2D eigenvalue weighted by Crippen LogP contribution is 2.39. The Bertz CT molecular complexity index is 3200. The molecule has 0 saturated heterocycles. The van der Waals surface area contributed by atoms with Gasteiger partial charge in [0, 0.05) is 37.6 Å². The number of nitrogens with two attached hydrogens (primary N) is 1. The van der Waals surface area contributed by atoms with Gasteiger partial charge in [-0.25, -0.2) is 14.4 Å². The molecular formula is C51H57F9N8O13S3. The summed E-state index contributed by atoms with van der Waals surface area (Å²) < 4.78 is 123. The summed E-state index contributed by atoms with van der Waals surface area (Å²) >= 11 is 1.76. The first-order valence-electron chi connectivity index (χ1n) is 22.4. The van der Waals surface area contributed by atoms with E-state index in [0.717, 1.165) is 25.6 Å². The number of thiophene rings is 3. The van der Waals surface area contributed by atoms with Crippen LogP contribution in [0, 0.1) is 0 Å². The van der Waals surface area contributed by atoms with Crippen LogP contribution < -0.4 is 43.0 Å². The van der Waals surface area contributed by atoms with Gasteiger partial charge in [-0.3, -0.25) is 33.6 Å². The first-order chi connectivity index (χ1) is 37.5. The average molecular weight is 1260 g/mol. The number of amides is 7. The molecule has 2 aromatic carbocycles. The Morgan fingerprint density at radius 2 is 0.988 bits per heavy atom. The van der Waals surface area contributed by atoms with E-state index in [4.69, 9.17) is 15.6 Å². The molecule has 0 aliphatic carbocycles. The minimum atomic E-state index is -5.08. The number of aliphatic carboxylic acids is 1. The van der Waals surface area contributed by atoms with Crippen molar-refractivity contribution in [1.82, 2.24) is 26.6 Å². The van der Waals surface area contributed by atoms with Crippen LogP contribution in [-0.2, 0) is 71.7 Å². The molecule has 460 valence electrons. The van der Waals surface area contributed by atoms with Crippen LogP contribution in [0.25, 0.3) is 0 Å². The first-order valence-corrected chi connectivity index (χ1v) is 24.9. The predicted octanol–water partition coefficient (Wildman–Crippen LogP) is 7.55. The van der Waals surface area contributed by atoms with Crippen molar-refractivity contribution < 1.29 is 102 Å². The molecule has 0 unspecified atom stereocenters. The van der Waals surface area contributed by atoms with E-state index in [2.05, 4.69) is 46.7 Å². The van der Waals surface area contributed by atoms with Gasteiger partial charge < -0.3 is 57.5 Å². The summed E-state index contributed by atoms with van der Waals surface area (Å²) in [5.41, 5.74) is 6.52. The molecule has 5 aromatic rings. The summed E-state index contributed by atoms with van der Waals surface area (Å²) in [5, 5.41) is 25.8. The summed E-state index contributed by atoms with van der Waals surface area (Å²) in [6.45, 7) is -0.938. The summed E-state index contributed by atoms with van der Waals surface area (Å²) in [6, 6.07) is 11.6. The maximum absolute atomic E-state index is 13.8.